The minimum Gasteiger partial charge on any atom is -0.418 e. The summed E-state index contributed by atoms with van der Waals surface area (Å²) in [6, 6.07) is 0. The van der Waals surface area contributed by atoms with Crippen LogP contribution in [0.25, 0.3) is 0 Å². The molecule has 0 amide bonds. The van der Waals surface area contributed by atoms with Gasteiger partial charge in [0.1, 0.15) is 0 Å². The minimum atomic E-state index is -6.00. The van der Waals surface area contributed by atoms with Crippen molar-refractivity contribution in [2.24, 2.45) is 10.8 Å². The number of allylic oxidation sites excluding steroid dienone is 8. The van der Waals surface area contributed by atoms with Gasteiger partial charge in [-0.15, -0.1) is 13.8 Å². The zero-order valence-corrected chi connectivity index (χ0v) is 18.8. The molecule has 0 aromatic heterocycles. The van der Waals surface area contributed by atoms with Crippen LogP contribution in [0.15, 0.2) is 33.4 Å². The van der Waals surface area contributed by atoms with Gasteiger partial charge in [-0.2, -0.15) is 22.3 Å². The number of hydrogen-bond donors (Lipinski definition) is 0. The van der Waals surface area contributed by atoms with Crippen molar-refractivity contribution in [1.29, 1.82) is 0 Å². The average Bonchev–Trinajstić information content (AvgIpc) is 2.68. The molecule has 0 nitrogen and oxygen atoms in total. The predicted octanol–water partition coefficient (Wildman–Crippen LogP) is 7.52. The summed E-state index contributed by atoms with van der Waals surface area (Å²) in [4.78, 5) is 0. The van der Waals surface area contributed by atoms with E-state index < -0.39 is 7.25 Å². The molecule has 0 saturated carbocycles. The molecule has 2 rings (SSSR count). The molecule has 2 aliphatic carbocycles. The van der Waals surface area contributed by atoms with Crippen molar-refractivity contribution in [2.75, 3.05) is 0 Å². The summed E-state index contributed by atoms with van der Waals surface area (Å²) in [5.74, 6) is 0. The fourth-order valence-electron chi connectivity index (χ4n) is 2.81. The van der Waals surface area contributed by atoms with Crippen LogP contribution in [0.1, 0.15) is 69.2 Å². The second kappa shape index (κ2) is 9.47. The van der Waals surface area contributed by atoms with E-state index in [9.17, 15) is 17.3 Å². The molecule has 148 valence electrons. The summed E-state index contributed by atoms with van der Waals surface area (Å²) in [7, 11) is -6.00. The Morgan fingerprint density at radius 1 is 0.615 bits per heavy atom. The van der Waals surface area contributed by atoms with E-state index in [1.807, 2.05) is 0 Å². The molecule has 0 aromatic carbocycles. The fraction of sp³-hybridized carbons (Fsp3) is 0.600. The first kappa shape index (κ1) is 27.5. The molecular weight excluding hydrogens is 379 g/mol. The van der Waals surface area contributed by atoms with Crippen molar-refractivity contribution in [3.63, 3.8) is 0 Å². The first-order chi connectivity index (χ1) is 10.9. The van der Waals surface area contributed by atoms with Gasteiger partial charge in [-0.3, -0.25) is 12.2 Å². The van der Waals surface area contributed by atoms with Crippen LogP contribution in [0.3, 0.4) is 0 Å². The number of hydrogen-bond acceptors (Lipinski definition) is 0. The molecule has 0 atom stereocenters. The summed E-state index contributed by atoms with van der Waals surface area (Å²) in [6.45, 7) is 21.8. The van der Waals surface area contributed by atoms with Gasteiger partial charge >= 0.3 is 24.6 Å². The Labute approximate surface area is 167 Å². The van der Waals surface area contributed by atoms with Crippen molar-refractivity contribution < 1.29 is 34.6 Å². The van der Waals surface area contributed by atoms with Crippen LogP contribution in [0.5, 0.6) is 0 Å². The van der Waals surface area contributed by atoms with E-state index in [0.29, 0.717) is 0 Å². The smallest absolute Gasteiger partial charge is 0.418 e. The molecule has 2 aliphatic rings. The Morgan fingerprint density at radius 3 is 0.846 bits per heavy atom. The zero-order chi connectivity index (χ0) is 20.4. The van der Waals surface area contributed by atoms with Crippen LogP contribution in [0.2, 0.25) is 0 Å². The van der Waals surface area contributed by atoms with Crippen LogP contribution in [-0.2, 0) is 17.4 Å². The Bertz CT molecular complexity index is 577. The van der Waals surface area contributed by atoms with Crippen molar-refractivity contribution >= 4 is 7.25 Å². The molecule has 0 spiro atoms. The molecule has 0 heterocycles. The van der Waals surface area contributed by atoms with Crippen LogP contribution in [0.4, 0.5) is 17.3 Å². The summed E-state index contributed by atoms with van der Waals surface area (Å²) in [5.41, 5.74) is 8.79. The average molecular weight is 409 g/mol. The molecule has 0 unspecified atom stereocenters. The van der Waals surface area contributed by atoms with Crippen LogP contribution < -0.4 is 0 Å². The van der Waals surface area contributed by atoms with Gasteiger partial charge in [-0.25, -0.2) is 11.1 Å². The van der Waals surface area contributed by atoms with E-state index in [-0.39, 0.29) is 28.2 Å². The Morgan fingerprint density at radius 2 is 0.808 bits per heavy atom. The number of halogens is 4. The van der Waals surface area contributed by atoms with Gasteiger partial charge in [0.05, 0.1) is 0 Å². The molecule has 0 bridgehead atoms. The largest absolute Gasteiger partial charge is 2.00 e. The predicted molar refractivity (Wildman–Crippen MR) is 99.4 cm³/mol. The van der Waals surface area contributed by atoms with E-state index >= 15 is 0 Å². The monoisotopic (exact) mass is 409 g/mol. The Hall–Kier alpha value is -0.723. The second-order valence-corrected chi connectivity index (χ2v) is 7.74. The zero-order valence-electron chi connectivity index (χ0n) is 17.5. The summed E-state index contributed by atoms with van der Waals surface area (Å²) >= 11 is 0. The van der Waals surface area contributed by atoms with E-state index in [2.05, 4.69) is 81.4 Å². The first-order valence-corrected chi connectivity index (χ1v) is 8.37. The maximum absolute atomic E-state index is 9.75. The number of rotatable bonds is 0. The van der Waals surface area contributed by atoms with Gasteiger partial charge in [0.15, 0.2) is 0 Å². The third kappa shape index (κ3) is 8.31. The summed E-state index contributed by atoms with van der Waals surface area (Å²) in [6.07, 6.45) is 6.87. The van der Waals surface area contributed by atoms with Gasteiger partial charge < -0.3 is 17.3 Å². The maximum Gasteiger partial charge on any atom is 2.00 e. The van der Waals surface area contributed by atoms with Crippen molar-refractivity contribution in [2.45, 2.75) is 69.2 Å². The molecule has 0 N–H and O–H groups in total. The van der Waals surface area contributed by atoms with E-state index in [1.165, 1.54) is 33.4 Å². The maximum atomic E-state index is 9.75. The molecule has 0 fully saturated rings. The van der Waals surface area contributed by atoms with Crippen LogP contribution in [0, 0.1) is 23.0 Å². The van der Waals surface area contributed by atoms with Gasteiger partial charge in [0.25, 0.3) is 0 Å². The molecule has 26 heavy (non-hydrogen) atoms. The van der Waals surface area contributed by atoms with Gasteiger partial charge in [0, 0.05) is 0 Å². The third-order valence-corrected chi connectivity index (χ3v) is 5.12. The van der Waals surface area contributed by atoms with E-state index in [4.69, 9.17) is 0 Å². The normalized spacial score (nSPS) is 20.4. The first-order valence-electron chi connectivity index (χ1n) is 8.37. The fourth-order valence-corrected chi connectivity index (χ4v) is 2.81. The molecule has 0 aliphatic heterocycles. The van der Waals surface area contributed by atoms with E-state index in [0.717, 1.165) is 0 Å². The van der Waals surface area contributed by atoms with Crippen molar-refractivity contribution in [3.8, 4) is 0 Å². The molecule has 0 saturated heterocycles. The molecule has 0 radical (unpaired) electrons. The van der Waals surface area contributed by atoms with Gasteiger partial charge in [-0.1, -0.05) is 66.2 Å². The van der Waals surface area contributed by atoms with Crippen LogP contribution >= 0.6 is 0 Å². The van der Waals surface area contributed by atoms with Crippen LogP contribution in [-0.4, -0.2) is 7.25 Å². The summed E-state index contributed by atoms with van der Waals surface area (Å²) in [5, 5.41) is 0. The van der Waals surface area contributed by atoms with Crippen molar-refractivity contribution in [3.05, 3.63) is 45.6 Å². The SMILES string of the molecule is CC1=[C-]C(C)(C)C(C)=C1C.CC1=[C-]C(C)(C)C(C)=C1C.F[B-](F)(F)F.[Cr+2]. The molecule has 6 heteroatoms. The van der Waals surface area contributed by atoms with E-state index in [1.54, 1.807) is 0 Å². The van der Waals surface area contributed by atoms with Gasteiger partial charge in [0.2, 0.25) is 0 Å². The van der Waals surface area contributed by atoms with Gasteiger partial charge in [-0.05, 0) is 0 Å². The molecular formula is C20H30BCrF4-. The minimum absolute atomic E-state index is 0. The standard InChI is InChI=1S/2C10H15.BF4.Cr/c2*1-7-6-10(4,5)9(3)8(7)2;2-1(3,4)5;/h2*1-5H3;;/q3*-1;+2. The third-order valence-electron chi connectivity index (χ3n) is 5.12. The Kier molecular flexibility index (Phi) is 10.0. The van der Waals surface area contributed by atoms with Crippen molar-refractivity contribution in [1.82, 2.24) is 0 Å². The topological polar surface area (TPSA) is 0 Å². The molecule has 0 aromatic rings. The summed E-state index contributed by atoms with van der Waals surface area (Å²) < 4.78 is 39.0. The quantitative estimate of drug-likeness (QED) is 0.221. The Balaban J connectivity index is 0. The second-order valence-electron chi connectivity index (χ2n) is 7.74.